The van der Waals surface area contributed by atoms with Crippen molar-refractivity contribution in [1.82, 2.24) is 9.55 Å². The summed E-state index contributed by atoms with van der Waals surface area (Å²) in [6, 6.07) is 4.95. The van der Waals surface area contributed by atoms with E-state index in [0.717, 1.165) is 24.4 Å². The van der Waals surface area contributed by atoms with Crippen molar-refractivity contribution >= 4 is 27.5 Å². The third-order valence-corrected chi connectivity index (χ3v) is 3.80. The van der Waals surface area contributed by atoms with E-state index >= 15 is 0 Å². The first kappa shape index (κ1) is 13.6. The number of aromatic nitrogens is 2. The Hall–Kier alpha value is -0.870. The molecule has 0 atom stereocenters. The van der Waals surface area contributed by atoms with Gasteiger partial charge in [-0.3, -0.25) is 4.57 Å². The van der Waals surface area contributed by atoms with Crippen molar-refractivity contribution in [2.75, 3.05) is 0 Å². The number of halogens is 3. The third-order valence-electron chi connectivity index (χ3n) is 2.77. The lowest BCUT2D eigenvalue weighted by atomic mass is 10.3. The summed E-state index contributed by atoms with van der Waals surface area (Å²) in [6.07, 6.45) is 1.51. The molecule has 0 saturated heterocycles. The summed E-state index contributed by atoms with van der Waals surface area (Å²) < 4.78 is 15.8. The number of rotatable bonds is 3. The summed E-state index contributed by atoms with van der Waals surface area (Å²) in [5, 5.41) is 0.566. The SMILES string of the molecule is CCc1nc(CC)n(-c2ccc(Br)c(F)c2)c1Cl. The van der Waals surface area contributed by atoms with Gasteiger partial charge in [-0.2, -0.15) is 0 Å². The lowest BCUT2D eigenvalue weighted by Crippen LogP contribution is -2.00. The molecule has 0 radical (unpaired) electrons. The second-order valence-corrected chi connectivity index (χ2v) is 5.12. The molecule has 0 saturated carbocycles. The summed E-state index contributed by atoms with van der Waals surface area (Å²) in [5.74, 6) is 0.538. The third kappa shape index (κ3) is 2.31. The molecule has 0 aliphatic rings. The van der Waals surface area contributed by atoms with Gasteiger partial charge in [0.1, 0.15) is 16.8 Å². The minimum absolute atomic E-state index is 0.308. The zero-order valence-electron chi connectivity index (χ0n) is 10.2. The fourth-order valence-electron chi connectivity index (χ4n) is 1.84. The Balaban J connectivity index is 2.62. The van der Waals surface area contributed by atoms with Crippen LogP contribution >= 0.6 is 27.5 Å². The minimum Gasteiger partial charge on any atom is -0.287 e. The maximum absolute atomic E-state index is 13.6. The van der Waals surface area contributed by atoms with Crippen molar-refractivity contribution in [1.29, 1.82) is 0 Å². The van der Waals surface area contributed by atoms with Crippen LogP contribution in [0.2, 0.25) is 5.15 Å². The summed E-state index contributed by atoms with van der Waals surface area (Å²) in [7, 11) is 0. The molecule has 2 nitrogen and oxygen atoms in total. The van der Waals surface area contributed by atoms with Crippen molar-refractivity contribution in [2.45, 2.75) is 26.7 Å². The van der Waals surface area contributed by atoms with Crippen molar-refractivity contribution < 1.29 is 4.39 Å². The number of hydrogen-bond donors (Lipinski definition) is 0. The molecule has 0 fully saturated rings. The van der Waals surface area contributed by atoms with E-state index in [0.29, 0.717) is 15.3 Å². The molecule has 96 valence electrons. The van der Waals surface area contributed by atoms with E-state index in [4.69, 9.17) is 11.6 Å². The lowest BCUT2D eigenvalue weighted by molar-refractivity contribution is 0.619. The Labute approximate surface area is 119 Å². The first-order chi connectivity index (χ1) is 8.58. The number of nitrogens with zero attached hydrogens (tertiary/aromatic N) is 2. The van der Waals surface area contributed by atoms with Crippen LogP contribution in [0.5, 0.6) is 0 Å². The van der Waals surface area contributed by atoms with Crippen molar-refractivity contribution in [3.8, 4) is 5.69 Å². The van der Waals surface area contributed by atoms with Gasteiger partial charge in [0, 0.05) is 6.42 Å². The quantitative estimate of drug-likeness (QED) is 0.806. The highest BCUT2D eigenvalue weighted by Crippen LogP contribution is 2.26. The average Bonchev–Trinajstić information content (AvgIpc) is 2.69. The summed E-state index contributed by atoms with van der Waals surface area (Å²) in [4.78, 5) is 4.47. The molecular weight excluding hydrogens is 319 g/mol. The van der Waals surface area contributed by atoms with Gasteiger partial charge >= 0.3 is 0 Å². The molecule has 0 spiro atoms. The van der Waals surface area contributed by atoms with Crippen molar-refractivity contribution in [2.24, 2.45) is 0 Å². The van der Waals surface area contributed by atoms with Gasteiger partial charge in [-0.05, 0) is 40.5 Å². The van der Waals surface area contributed by atoms with E-state index < -0.39 is 0 Å². The molecule has 1 heterocycles. The topological polar surface area (TPSA) is 17.8 Å². The maximum Gasteiger partial charge on any atom is 0.139 e. The maximum atomic E-state index is 13.6. The molecule has 18 heavy (non-hydrogen) atoms. The van der Waals surface area contributed by atoms with Gasteiger partial charge < -0.3 is 0 Å². The van der Waals surface area contributed by atoms with E-state index in [-0.39, 0.29) is 5.82 Å². The van der Waals surface area contributed by atoms with Gasteiger partial charge in [0.15, 0.2) is 0 Å². The van der Waals surface area contributed by atoms with Gasteiger partial charge in [0.05, 0.1) is 15.9 Å². The highest BCUT2D eigenvalue weighted by Gasteiger charge is 2.15. The van der Waals surface area contributed by atoms with Crippen LogP contribution in [0.4, 0.5) is 4.39 Å². The molecule has 0 N–H and O–H groups in total. The van der Waals surface area contributed by atoms with Crippen molar-refractivity contribution in [3.63, 3.8) is 0 Å². The van der Waals surface area contributed by atoms with Gasteiger partial charge in [-0.1, -0.05) is 25.4 Å². The fraction of sp³-hybridized carbons (Fsp3) is 0.308. The van der Waals surface area contributed by atoms with Crippen LogP contribution in [0.3, 0.4) is 0 Å². The van der Waals surface area contributed by atoms with Crippen LogP contribution in [-0.4, -0.2) is 9.55 Å². The monoisotopic (exact) mass is 330 g/mol. The van der Waals surface area contributed by atoms with Crippen LogP contribution < -0.4 is 0 Å². The average molecular weight is 332 g/mol. The minimum atomic E-state index is -0.308. The standard InChI is InChI=1S/C13H13BrClFN2/c1-3-11-13(15)18(12(4-2)17-11)8-5-6-9(14)10(16)7-8/h5-7H,3-4H2,1-2H3. The molecule has 0 bridgehead atoms. The van der Waals surface area contributed by atoms with E-state index in [1.54, 1.807) is 10.6 Å². The van der Waals surface area contributed by atoms with Gasteiger partial charge in [0.2, 0.25) is 0 Å². The molecule has 1 aromatic carbocycles. The first-order valence-electron chi connectivity index (χ1n) is 5.79. The van der Waals surface area contributed by atoms with Crippen LogP contribution in [0, 0.1) is 5.82 Å². The van der Waals surface area contributed by atoms with Crippen LogP contribution in [0.15, 0.2) is 22.7 Å². The molecule has 0 amide bonds. The van der Waals surface area contributed by atoms with Crippen LogP contribution in [0.25, 0.3) is 5.69 Å². The van der Waals surface area contributed by atoms with E-state index in [1.165, 1.54) is 6.07 Å². The van der Waals surface area contributed by atoms with Gasteiger partial charge in [-0.15, -0.1) is 0 Å². The molecular formula is C13H13BrClFN2. The molecule has 0 unspecified atom stereocenters. The van der Waals surface area contributed by atoms with Gasteiger partial charge in [-0.25, -0.2) is 9.37 Å². The fourth-order valence-corrected chi connectivity index (χ4v) is 2.46. The first-order valence-corrected chi connectivity index (χ1v) is 6.97. The molecule has 1 aromatic heterocycles. The molecule has 5 heteroatoms. The zero-order chi connectivity index (χ0) is 13.3. The van der Waals surface area contributed by atoms with Crippen molar-refractivity contribution in [3.05, 3.63) is 45.2 Å². The van der Waals surface area contributed by atoms with Crippen LogP contribution in [-0.2, 0) is 12.8 Å². The van der Waals surface area contributed by atoms with E-state index in [2.05, 4.69) is 20.9 Å². The molecule has 0 aliphatic heterocycles. The van der Waals surface area contributed by atoms with Gasteiger partial charge in [0.25, 0.3) is 0 Å². The number of benzene rings is 1. The summed E-state index contributed by atoms with van der Waals surface area (Å²) >= 11 is 9.44. The predicted molar refractivity (Wildman–Crippen MR) is 75.0 cm³/mol. The Morgan fingerprint density at radius 1 is 1.33 bits per heavy atom. The number of aryl methyl sites for hydroxylation is 2. The normalized spacial score (nSPS) is 10.9. The predicted octanol–water partition coefficient (Wildman–Crippen LogP) is 4.55. The molecule has 2 aromatic rings. The Kier molecular flexibility index (Phi) is 4.07. The molecule has 0 aliphatic carbocycles. The second kappa shape index (κ2) is 5.41. The Bertz CT molecular complexity index is 581. The van der Waals surface area contributed by atoms with E-state index in [9.17, 15) is 4.39 Å². The highest BCUT2D eigenvalue weighted by atomic mass is 79.9. The number of hydrogen-bond acceptors (Lipinski definition) is 1. The lowest BCUT2D eigenvalue weighted by Gasteiger charge is -2.08. The summed E-state index contributed by atoms with van der Waals surface area (Å²) in [5.41, 5.74) is 1.54. The Morgan fingerprint density at radius 2 is 2.06 bits per heavy atom. The number of imidazole rings is 1. The summed E-state index contributed by atoms with van der Waals surface area (Å²) in [6.45, 7) is 4.00. The van der Waals surface area contributed by atoms with Crippen LogP contribution in [0.1, 0.15) is 25.4 Å². The molecule has 2 rings (SSSR count). The second-order valence-electron chi connectivity index (χ2n) is 3.91. The zero-order valence-corrected chi connectivity index (χ0v) is 12.5. The smallest absolute Gasteiger partial charge is 0.139 e. The largest absolute Gasteiger partial charge is 0.287 e. The highest BCUT2D eigenvalue weighted by molar-refractivity contribution is 9.10. The Morgan fingerprint density at radius 3 is 2.61 bits per heavy atom. The van der Waals surface area contributed by atoms with E-state index in [1.807, 2.05) is 19.9 Å².